The van der Waals surface area contributed by atoms with E-state index in [2.05, 4.69) is 10.5 Å². The van der Waals surface area contributed by atoms with Gasteiger partial charge in [-0.1, -0.05) is 12.1 Å². The van der Waals surface area contributed by atoms with Crippen molar-refractivity contribution in [1.82, 2.24) is 15.4 Å². The van der Waals surface area contributed by atoms with Gasteiger partial charge in [-0.3, -0.25) is 9.59 Å². The fraction of sp³-hybridized carbons (Fsp3) is 0.250. The highest BCUT2D eigenvalue weighted by Crippen LogP contribution is 2.27. The van der Waals surface area contributed by atoms with Crippen molar-refractivity contribution in [2.45, 2.75) is 13.0 Å². The lowest BCUT2D eigenvalue weighted by molar-refractivity contribution is -0.117. The van der Waals surface area contributed by atoms with Crippen LogP contribution < -0.4 is 5.32 Å². The minimum absolute atomic E-state index is 0.118. The van der Waals surface area contributed by atoms with Crippen LogP contribution in [0.1, 0.15) is 22.8 Å². The molecule has 0 unspecified atom stereocenters. The van der Waals surface area contributed by atoms with Crippen molar-refractivity contribution in [3.05, 3.63) is 60.6 Å². The van der Waals surface area contributed by atoms with Crippen molar-refractivity contribution in [3.63, 3.8) is 0 Å². The Balaban J connectivity index is 1.41. The summed E-state index contributed by atoms with van der Waals surface area (Å²) < 4.78 is 15.2. The average molecular weight is 381 g/mol. The maximum absolute atomic E-state index is 12.9. The molecule has 1 aliphatic rings. The second-order valence-corrected chi connectivity index (χ2v) is 6.77. The molecule has 8 heteroatoms. The van der Waals surface area contributed by atoms with Crippen LogP contribution in [0.2, 0.25) is 0 Å². The lowest BCUT2D eigenvalue weighted by Crippen LogP contribution is -2.39. The van der Waals surface area contributed by atoms with Gasteiger partial charge in [-0.2, -0.15) is 0 Å². The van der Waals surface area contributed by atoms with Crippen LogP contribution in [0.15, 0.2) is 62.8 Å². The van der Waals surface area contributed by atoms with E-state index in [0.717, 1.165) is 5.56 Å². The van der Waals surface area contributed by atoms with Crippen LogP contribution in [0, 0.1) is 5.92 Å². The Hall–Kier alpha value is -3.55. The largest absolute Gasteiger partial charge is 0.472 e. The van der Waals surface area contributed by atoms with Gasteiger partial charge in [0, 0.05) is 24.7 Å². The molecule has 1 aliphatic heterocycles. The molecule has 8 nitrogen and oxygen atoms in total. The summed E-state index contributed by atoms with van der Waals surface area (Å²) in [5.41, 5.74) is 1.84. The van der Waals surface area contributed by atoms with Crippen molar-refractivity contribution in [1.29, 1.82) is 0 Å². The summed E-state index contributed by atoms with van der Waals surface area (Å²) in [7, 11) is 0. The molecule has 4 rings (SSSR count). The third kappa shape index (κ3) is 3.62. The van der Waals surface area contributed by atoms with Gasteiger partial charge >= 0.3 is 0 Å². The number of nitrogens with one attached hydrogen (secondary N) is 1. The van der Waals surface area contributed by atoms with E-state index >= 15 is 0 Å². The Morgan fingerprint density at radius 2 is 2.04 bits per heavy atom. The lowest BCUT2D eigenvalue weighted by atomic mass is 10.1. The highest BCUT2D eigenvalue weighted by Gasteiger charge is 2.35. The zero-order valence-corrected chi connectivity index (χ0v) is 15.2. The monoisotopic (exact) mass is 381 g/mol. The SMILES string of the molecule is C[C@H]1CN(C(=O)c2cnoc2-c2ccoc2)C[C@H]1NC(=O)/C=C/c1ccoc1. The second kappa shape index (κ2) is 7.59. The van der Waals surface area contributed by atoms with E-state index in [4.69, 9.17) is 13.4 Å². The van der Waals surface area contributed by atoms with Crippen LogP contribution in [-0.2, 0) is 4.79 Å². The quantitative estimate of drug-likeness (QED) is 0.682. The van der Waals surface area contributed by atoms with Gasteiger partial charge in [0.15, 0.2) is 5.76 Å². The Bertz CT molecular complexity index is 972. The van der Waals surface area contributed by atoms with E-state index in [-0.39, 0.29) is 23.8 Å². The Labute approximate surface area is 160 Å². The summed E-state index contributed by atoms with van der Waals surface area (Å²) in [6.07, 6.45) is 10.6. The normalized spacial score (nSPS) is 19.4. The molecule has 4 heterocycles. The Morgan fingerprint density at radius 3 is 2.79 bits per heavy atom. The first-order valence-corrected chi connectivity index (χ1v) is 8.89. The predicted octanol–water partition coefficient (Wildman–Crippen LogP) is 2.82. The highest BCUT2D eigenvalue weighted by molar-refractivity contribution is 5.99. The topological polar surface area (TPSA) is 102 Å². The van der Waals surface area contributed by atoms with E-state index < -0.39 is 0 Å². The third-order valence-corrected chi connectivity index (χ3v) is 4.78. The summed E-state index contributed by atoms with van der Waals surface area (Å²) in [5, 5.41) is 6.71. The van der Waals surface area contributed by atoms with Gasteiger partial charge in [0.2, 0.25) is 5.91 Å². The number of hydrogen-bond donors (Lipinski definition) is 1. The summed E-state index contributed by atoms with van der Waals surface area (Å²) in [4.78, 5) is 26.8. The second-order valence-electron chi connectivity index (χ2n) is 6.77. The maximum atomic E-state index is 12.9. The fourth-order valence-corrected chi connectivity index (χ4v) is 3.26. The van der Waals surface area contributed by atoms with Crippen LogP contribution in [0.3, 0.4) is 0 Å². The highest BCUT2D eigenvalue weighted by atomic mass is 16.5. The Kier molecular flexibility index (Phi) is 4.84. The lowest BCUT2D eigenvalue weighted by Gasteiger charge is -2.16. The number of likely N-dealkylation sites (tertiary alicyclic amines) is 1. The summed E-state index contributed by atoms with van der Waals surface area (Å²) in [6, 6.07) is 3.33. The van der Waals surface area contributed by atoms with Crippen LogP contribution in [0.4, 0.5) is 0 Å². The van der Waals surface area contributed by atoms with E-state index in [1.807, 2.05) is 6.92 Å². The van der Waals surface area contributed by atoms with E-state index in [9.17, 15) is 9.59 Å². The van der Waals surface area contributed by atoms with E-state index in [0.29, 0.717) is 30.0 Å². The number of hydrogen-bond acceptors (Lipinski definition) is 6. The minimum Gasteiger partial charge on any atom is -0.472 e. The number of furan rings is 2. The molecule has 0 aromatic carbocycles. The van der Waals surface area contributed by atoms with Gasteiger partial charge in [-0.05, 0) is 24.1 Å². The molecule has 1 N–H and O–H groups in total. The molecule has 1 fully saturated rings. The van der Waals surface area contributed by atoms with E-state index in [1.54, 1.807) is 35.6 Å². The van der Waals surface area contributed by atoms with Crippen LogP contribution >= 0.6 is 0 Å². The van der Waals surface area contributed by atoms with Crippen LogP contribution in [0.5, 0.6) is 0 Å². The first-order chi connectivity index (χ1) is 13.6. The first-order valence-electron chi connectivity index (χ1n) is 8.89. The molecule has 0 aliphatic carbocycles. The number of nitrogens with zero attached hydrogens (tertiary/aromatic N) is 2. The molecule has 2 atom stereocenters. The first kappa shape index (κ1) is 17.8. The molecule has 0 spiro atoms. The smallest absolute Gasteiger partial charge is 0.259 e. The molecular formula is C20H19N3O5. The van der Waals surface area contributed by atoms with Crippen molar-refractivity contribution in [2.75, 3.05) is 13.1 Å². The summed E-state index contributed by atoms with van der Waals surface area (Å²) >= 11 is 0. The van der Waals surface area contributed by atoms with Crippen LogP contribution in [0.25, 0.3) is 17.4 Å². The van der Waals surface area contributed by atoms with Gasteiger partial charge in [0.1, 0.15) is 11.8 Å². The minimum atomic E-state index is -0.212. The molecule has 144 valence electrons. The van der Waals surface area contributed by atoms with Crippen molar-refractivity contribution in [2.24, 2.45) is 5.92 Å². The summed E-state index contributed by atoms with van der Waals surface area (Å²) in [6.45, 7) is 2.95. The predicted molar refractivity (Wildman–Crippen MR) is 98.9 cm³/mol. The standard InChI is InChI=1S/C20H19N3O5/c1-13-9-23(10-17(13)22-18(24)3-2-14-4-6-26-11-14)20(25)16-8-21-28-19(16)15-5-7-27-12-15/h2-8,11-13,17H,9-10H2,1H3,(H,22,24)/b3-2+/t13-,17+/m0/s1. The van der Waals surface area contributed by atoms with Crippen molar-refractivity contribution < 1.29 is 22.9 Å². The zero-order chi connectivity index (χ0) is 19.5. The molecule has 28 heavy (non-hydrogen) atoms. The van der Waals surface area contributed by atoms with E-state index in [1.165, 1.54) is 24.8 Å². The molecule has 1 saturated heterocycles. The van der Waals surface area contributed by atoms with Gasteiger partial charge in [-0.25, -0.2) is 0 Å². The number of amides is 2. The zero-order valence-electron chi connectivity index (χ0n) is 15.2. The molecule has 0 radical (unpaired) electrons. The molecule has 3 aromatic rings. The maximum Gasteiger partial charge on any atom is 0.259 e. The van der Waals surface area contributed by atoms with Gasteiger partial charge in [-0.15, -0.1) is 0 Å². The fourth-order valence-electron chi connectivity index (χ4n) is 3.26. The Morgan fingerprint density at radius 1 is 1.21 bits per heavy atom. The average Bonchev–Trinajstić information content (AvgIpc) is 3.46. The number of carbonyl (C=O) groups excluding carboxylic acids is 2. The summed E-state index contributed by atoms with van der Waals surface area (Å²) in [5.74, 6) is 0.0980. The number of aromatic nitrogens is 1. The molecule has 0 saturated carbocycles. The number of carbonyl (C=O) groups is 2. The van der Waals surface area contributed by atoms with Gasteiger partial charge in [0.25, 0.3) is 5.91 Å². The number of rotatable bonds is 5. The van der Waals surface area contributed by atoms with Gasteiger partial charge < -0.3 is 23.6 Å². The molecule has 0 bridgehead atoms. The van der Waals surface area contributed by atoms with Crippen LogP contribution in [-0.4, -0.2) is 41.0 Å². The van der Waals surface area contributed by atoms with Gasteiger partial charge in [0.05, 0.1) is 36.6 Å². The third-order valence-electron chi connectivity index (χ3n) is 4.78. The molecule has 2 amide bonds. The molecule has 3 aromatic heterocycles. The molecular weight excluding hydrogens is 362 g/mol. The van der Waals surface area contributed by atoms with Crippen molar-refractivity contribution in [3.8, 4) is 11.3 Å². The van der Waals surface area contributed by atoms with Crippen molar-refractivity contribution >= 4 is 17.9 Å².